The number of sulfonamides is 2. The summed E-state index contributed by atoms with van der Waals surface area (Å²) in [7, 11) is -7.46. The normalized spacial score (nSPS) is 12.8. The number of hydrogen-bond acceptors (Lipinski definition) is 6. The minimum Gasteiger partial charge on any atom is -0.224 e. The molecule has 0 saturated carbocycles. The highest BCUT2D eigenvalue weighted by molar-refractivity contribution is 7.91. The number of rotatable bonds is 3. The second-order valence-corrected chi connectivity index (χ2v) is 9.07. The van der Waals surface area contributed by atoms with E-state index >= 15 is 0 Å². The van der Waals surface area contributed by atoms with Crippen LogP contribution in [0.5, 0.6) is 0 Å². The number of thiophene rings is 2. The van der Waals surface area contributed by atoms with Gasteiger partial charge in [-0.05, 0) is 24.3 Å². The second-order valence-electron chi connectivity index (χ2n) is 3.33. The van der Waals surface area contributed by atoms with E-state index in [9.17, 15) is 16.8 Å². The van der Waals surface area contributed by atoms with Crippen LogP contribution < -0.4 is 10.3 Å². The van der Waals surface area contributed by atoms with Crippen molar-refractivity contribution in [2.45, 2.75) is 8.42 Å². The van der Waals surface area contributed by atoms with Crippen LogP contribution in [0.15, 0.2) is 32.7 Å². The van der Waals surface area contributed by atoms with Gasteiger partial charge in [0, 0.05) is 9.75 Å². The van der Waals surface area contributed by atoms with Crippen molar-refractivity contribution < 1.29 is 16.8 Å². The van der Waals surface area contributed by atoms with Crippen molar-refractivity contribution in [2.75, 3.05) is 0 Å². The molecule has 0 aliphatic carbocycles. The number of nitrogens with two attached hydrogens (primary N) is 2. The van der Waals surface area contributed by atoms with Gasteiger partial charge in [0.05, 0.1) is 0 Å². The maximum atomic E-state index is 11.1. The number of primary sulfonamides is 2. The van der Waals surface area contributed by atoms with E-state index in [2.05, 4.69) is 0 Å². The molecule has 2 rings (SSSR count). The predicted octanol–water partition coefficient (Wildman–Crippen LogP) is 0.771. The molecule has 2 aromatic rings. The highest BCUT2D eigenvalue weighted by Gasteiger charge is 2.16. The van der Waals surface area contributed by atoms with E-state index in [1.807, 2.05) is 0 Å². The average Bonchev–Trinajstić information content (AvgIpc) is 2.84. The van der Waals surface area contributed by atoms with E-state index in [0.29, 0.717) is 9.75 Å². The summed E-state index contributed by atoms with van der Waals surface area (Å²) in [4.78, 5) is 1.25. The van der Waals surface area contributed by atoms with Gasteiger partial charge in [-0.25, -0.2) is 27.1 Å². The fourth-order valence-corrected chi connectivity index (χ4v) is 4.76. The fraction of sp³-hybridized carbons (Fsp3) is 0. The Morgan fingerprint density at radius 1 is 0.722 bits per heavy atom. The molecule has 0 aromatic carbocycles. The van der Waals surface area contributed by atoms with Crippen molar-refractivity contribution in [1.82, 2.24) is 0 Å². The van der Waals surface area contributed by atoms with Gasteiger partial charge in [-0.1, -0.05) is 0 Å². The molecule has 18 heavy (non-hydrogen) atoms. The quantitative estimate of drug-likeness (QED) is 0.866. The standard InChI is InChI=1S/C8H8N2O4S4/c9-17(11,12)7-3-1-5(15-7)6-2-4-8(16-6)18(10,13)14/h1-4H,(H2,9,11,12)(H2,10,13,14). The Labute approximate surface area is 112 Å². The molecule has 10 heteroatoms. The maximum Gasteiger partial charge on any atom is 0.247 e. The molecule has 4 N–H and O–H groups in total. The largest absolute Gasteiger partial charge is 0.247 e. The first kappa shape index (κ1) is 13.6. The minimum absolute atomic E-state index is 0.0306. The van der Waals surface area contributed by atoms with Crippen molar-refractivity contribution in [3.05, 3.63) is 24.3 Å². The van der Waals surface area contributed by atoms with Gasteiger partial charge in [0.25, 0.3) is 0 Å². The van der Waals surface area contributed by atoms with E-state index in [0.717, 1.165) is 22.7 Å². The molecule has 98 valence electrons. The van der Waals surface area contributed by atoms with Crippen LogP contribution in [0.2, 0.25) is 0 Å². The topological polar surface area (TPSA) is 120 Å². The smallest absolute Gasteiger partial charge is 0.224 e. The molecule has 0 atom stereocenters. The van der Waals surface area contributed by atoms with E-state index < -0.39 is 20.0 Å². The maximum absolute atomic E-state index is 11.1. The molecular weight excluding hydrogens is 316 g/mol. The van der Waals surface area contributed by atoms with Gasteiger partial charge in [0.15, 0.2) is 0 Å². The summed E-state index contributed by atoms with van der Waals surface area (Å²) in [6, 6.07) is 5.91. The lowest BCUT2D eigenvalue weighted by Gasteiger charge is -1.91. The molecule has 0 spiro atoms. The lowest BCUT2D eigenvalue weighted by molar-refractivity contribution is 0.598. The average molecular weight is 324 g/mol. The molecule has 0 fully saturated rings. The third-order valence-corrected chi connectivity index (χ3v) is 7.21. The molecule has 0 aliphatic heterocycles. The van der Waals surface area contributed by atoms with E-state index in [-0.39, 0.29) is 8.42 Å². The Bertz CT molecular complexity index is 716. The molecule has 0 bridgehead atoms. The molecule has 0 amide bonds. The van der Waals surface area contributed by atoms with Crippen LogP contribution in [0.4, 0.5) is 0 Å². The highest BCUT2D eigenvalue weighted by Crippen LogP contribution is 2.35. The van der Waals surface area contributed by atoms with E-state index in [1.54, 1.807) is 12.1 Å². The lowest BCUT2D eigenvalue weighted by atomic mass is 10.4. The van der Waals surface area contributed by atoms with Gasteiger partial charge >= 0.3 is 0 Å². The monoisotopic (exact) mass is 324 g/mol. The van der Waals surface area contributed by atoms with Crippen molar-refractivity contribution in [1.29, 1.82) is 0 Å². The predicted molar refractivity (Wildman–Crippen MR) is 70.4 cm³/mol. The van der Waals surface area contributed by atoms with Crippen LogP contribution >= 0.6 is 22.7 Å². The Balaban J connectivity index is 2.45. The first-order chi connectivity index (χ1) is 8.18. The second kappa shape index (κ2) is 4.40. The SMILES string of the molecule is NS(=O)(=O)c1ccc(-c2ccc(S(N)(=O)=O)s2)s1. The Kier molecular flexibility index (Phi) is 3.34. The zero-order valence-electron chi connectivity index (χ0n) is 8.73. The summed E-state index contributed by atoms with van der Waals surface area (Å²) in [6.07, 6.45) is 0. The summed E-state index contributed by atoms with van der Waals surface area (Å²) in [5.74, 6) is 0. The molecule has 2 heterocycles. The zero-order valence-corrected chi connectivity index (χ0v) is 12.0. The first-order valence-corrected chi connectivity index (χ1v) is 9.16. The van der Waals surface area contributed by atoms with Gasteiger partial charge in [0.1, 0.15) is 8.42 Å². The molecule has 2 aromatic heterocycles. The van der Waals surface area contributed by atoms with Crippen LogP contribution in [-0.2, 0) is 20.0 Å². The van der Waals surface area contributed by atoms with Gasteiger partial charge < -0.3 is 0 Å². The van der Waals surface area contributed by atoms with Crippen LogP contribution in [-0.4, -0.2) is 16.8 Å². The molecule has 6 nitrogen and oxygen atoms in total. The van der Waals surface area contributed by atoms with Gasteiger partial charge in [-0.15, -0.1) is 22.7 Å². The molecule has 0 unspecified atom stereocenters. The van der Waals surface area contributed by atoms with Crippen molar-refractivity contribution in [3.63, 3.8) is 0 Å². The summed E-state index contributed by atoms with van der Waals surface area (Å²) in [6.45, 7) is 0. The number of hydrogen-bond donors (Lipinski definition) is 2. The zero-order chi connectivity index (χ0) is 13.6. The lowest BCUT2D eigenvalue weighted by Crippen LogP contribution is -2.09. The van der Waals surface area contributed by atoms with Crippen LogP contribution in [0, 0.1) is 0 Å². The Hall–Kier alpha value is -0.780. The van der Waals surface area contributed by atoms with Crippen LogP contribution in [0.25, 0.3) is 9.75 Å². The van der Waals surface area contributed by atoms with E-state index in [1.165, 1.54) is 12.1 Å². The van der Waals surface area contributed by atoms with Gasteiger partial charge in [-0.3, -0.25) is 0 Å². The van der Waals surface area contributed by atoms with Gasteiger partial charge in [-0.2, -0.15) is 0 Å². The summed E-state index contributed by atoms with van der Waals surface area (Å²) in [5.41, 5.74) is 0. The Morgan fingerprint density at radius 3 is 1.28 bits per heavy atom. The third-order valence-electron chi connectivity index (χ3n) is 1.97. The van der Waals surface area contributed by atoms with Crippen LogP contribution in [0.1, 0.15) is 0 Å². The van der Waals surface area contributed by atoms with Crippen molar-refractivity contribution in [3.8, 4) is 9.75 Å². The fourth-order valence-electron chi connectivity index (χ4n) is 1.21. The van der Waals surface area contributed by atoms with Crippen molar-refractivity contribution in [2.24, 2.45) is 10.3 Å². The Morgan fingerprint density at radius 2 is 1.06 bits per heavy atom. The first-order valence-electron chi connectivity index (χ1n) is 4.43. The summed E-state index contributed by atoms with van der Waals surface area (Å²) < 4.78 is 44.5. The summed E-state index contributed by atoms with van der Waals surface area (Å²) in [5, 5.41) is 9.99. The summed E-state index contributed by atoms with van der Waals surface area (Å²) >= 11 is 1.96. The van der Waals surface area contributed by atoms with Crippen LogP contribution in [0.3, 0.4) is 0 Å². The minimum atomic E-state index is -3.73. The molecular formula is C8H8N2O4S4. The van der Waals surface area contributed by atoms with E-state index in [4.69, 9.17) is 10.3 Å². The third kappa shape index (κ3) is 2.79. The molecule has 0 radical (unpaired) electrons. The van der Waals surface area contributed by atoms with Crippen molar-refractivity contribution >= 4 is 42.7 Å². The molecule has 0 aliphatic rings. The van der Waals surface area contributed by atoms with Gasteiger partial charge in [0.2, 0.25) is 20.0 Å². The highest BCUT2D eigenvalue weighted by atomic mass is 32.3. The molecule has 0 saturated heterocycles.